The predicted octanol–water partition coefficient (Wildman–Crippen LogP) is 0.688. The van der Waals surface area contributed by atoms with E-state index in [1.807, 2.05) is 0 Å². The standard InChI is InChI=1S/C39H46N2O19/c1-17(42)40-30-35(55-23(7)48)33(53-21(5)46)28(15-51-19(3)44)57-38(30)59-32-26-12-10-9-11-25(26)13-14-27(32)37(50)60-39-31(41-18(2)43)36(56-24(8)49)34(54-22(6)47)29(58-39)16-52-20(4)45/h9-14,28-31,33-36,38-39H,15-16H2,1-8H3,(H,40,42)(H,41,43)/t28-,29-,30+,31+,33+,34+,35-,36+,38+,39+/m1/s1. The number of benzene rings is 2. The van der Waals surface area contributed by atoms with Crippen LogP contribution in [0.3, 0.4) is 0 Å². The quantitative estimate of drug-likeness (QED) is 0.196. The number of carbonyl (C=O) groups is 9. The second-order valence-corrected chi connectivity index (χ2v) is 13.6. The third kappa shape index (κ3) is 12.3. The van der Waals surface area contributed by atoms with Crippen LogP contribution >= 0.6 is 0 Å². The third-order valence-corrected chi connectivity index (χ3v) is 8.70. The fraction of sp³-hybridized carbons (Fsp3) is 0.513. The van der Waals surface area contributed by atoms with Gasteiger partial charge in [-0.15, -0.1) is 0 Å². The number of carbonyl (C=O) groups excluding carboxylic acids is 9. The Kier molecular flexibility index (Phi) is 15.9. The molecule has 2 N–H and O–H groups in total. The molecule has 0 saturated carbocycles. The van der Waals surface area contributed by atoms with Crippen LogP contribution in [0.2, 0.25) is 0 Å². The molecule has 21 nitrogen and oxygen atoms in total. The van der Waals surface area contributed by atoms with Gasteiger partial charge in [-0.2, -0.15) is 0 Å². The molecule has 60 heavy (non-hydrogen) atoms. The number of hydrogen-bond donors (Lipinski definition) is 2. The molecular formula is C39H46N2O19. The first-order valence-corrected chi connectivity index (χ1v) is 18.5. The molecule has 4 rings (SSSR count). The first-order valence-electron chi connectivity index (χ1n) is 18.5. The number of fused-ring (bicyclic) bond motifs is 1. The molecule has 2 saturated heterocycles. The van der Waals surface area contributed by atoms with Crippen LogP contribution in [0.5, 0.6) is 5.75 Å². The van der Waals surface area contributed by atoms with Gasteiger partial charge in [-0.25, -0.2) is 4.79 Å². The average molecular weight is 847 g/mol. The van der Waals surface area contributed by atoms with Crippen molar-refractivity contribution in [2.24, 2.45) is 0 Å². The van der Waals surface area contributed by atoms with Crippen molar-refractivity contribution < 1.29 is 90.5 Å². The van der Waals surface area contributed by atoms with E-state index in [0.717, 1.165) is 55.4 Å². The minimum atomic E-state index is -1.82. The van der Waals surface area contributed by atoms with E-state index >= 15 is 0 Å². The first-order chi connectivity index (χ1) is 28.2. The van der Waals surface area contributed by atoms with Gasteiger partial charge < -0.3 is 58.0 Å². The van der Waals surface area contributed by atoms with Crippen LogP contribution in [0.15, 0.2) is 36.4 Å². The Morgan fingerprint density at radius 3 is 1.40 bits per heavy atom. The predicted molar refractivity (Wildman–Crippen MR) is 198 cm³/mol. The van der Waals surface area contributed by atoms with E-state index in [1.165, 1.54) is 6.07 Å². The summed E-state index contributed by atoms with van der Waals surface area (Å²) in [7, 11) is 0. The van der Waals surface area contributed by atoms with Gasteiger partial charge in [0.15, 0.2) is 24.4 Å². The number of amides is 2. The third-order valence-electron chi connectivity index (χ3n) is 8.70. The summed E-state index contributed by atoms with van der Waals surface area (Å²) in [6, 6.07) is 6.47. The summed E-state index contributed by atoms with van der Waals surface area (Å²) in [6.45, 7) is 7.61. The van der Waals surface area contributed by atoms with Crippen molar-refractivity contribution in [3.05, 3.63) is 42.0 Å². The molecule has 0 aliphatic carbocycles. The molecule has 2 aromatic carbocycles. The van der Waals surface area contributed by atoms with Crippen LogP contribution < -0.4 is 15.4 Å². The Balaban J connectivity index is 1.85. The van der Waals surface area contributed by atoms with E-state index in [0.29, 0.717) is 5.39 Å². The smallest absolute Gasteiger partial charge is 0.344 e. The van der Waals surface area contributed by atoms with E-state index in [-0.39, 0.29) is 16.7 Å². The summed E-state index contributed by atoms with van der Waals surface area (Å²) in [4.78, 5) is 113. The molecule has 0 unspecified atom stereocenters. The van der Waals surface area contributed by atoms with Crippen molar-refractivity contribution in [1.82, 2.24) is 10.6 Å². The summed E-state index contributed by atoms with van der Waals surface area (Å²) >= 11 is 0. The van der Waals surface area contributed by atoms with Gasteiger partial charge in [-0.1, -0.05) is 30.3 Å². The molecule has 2 fully saturated rings. The Morgan fingerprint density at radius 1 is 0.517 bits per heavy atom. The second-order valence-electron chi connectivity index (χ2n) is 13.6. The van der Waals surface area contributed by atoms with Crippen molar-refractivity contribution in [2.75, 3.05) is 13.2 Å². The van der Waals surface area contributed by atoms with Gasteiger partial charge in [0.25, 0.3) is 0 Å². The average Bonchev–Trinajstić information content (AvgIpc) is 3.13. The topological polar surface area (TPSA) is 270 Å². The summed E-state index contributed by atoms with van der Waals surface area (Å²) in [6.07, 6.45) is -12.3. The monoisotopic (exact) mass is 846 g/mol. The fourth-order valence-corrected chi connectivity index (χ4v) is 6.60. The minimum Gasteiger partial charge on any atom is -0.463 e. The van der Waals surface area contributed by atoms with Crippen LogP contribution in [0.4, 0.5) is 0 Å². The largest absolute Gasteiger partial charge is 0.463 e. The van der Waals surface area contributed by atoms with Crippen molar-refractivity contribution in [2.45, 2.75) is 117 Å². The van der Waals surface area contributed by atoms with Crippen LogP contribution in [0.1, 0.15) is 65.7 Å². The molecule has 0 bridgehead atoms. The lowest BCUT2D eigenvalue weighted by molar-refractivity contribution is -0.264. The molecule has 21 heteroatoms. The lowest BCUT2D eigenvalue weighted by atomic mass is 9.95. The number of esters is 7. The second kappa shape index (κ2) is 20.6. The van der Waals surface area contributed by atoms with E-state index in [2.05, 4.69) is 10.6 Å². The van der Waals surface area contributed by atoms with Crippen LogP contribution in [-0.4, -0.2) is 128 Å². The zero-order valence-electron chi connectivity index (χ0n) is 33.9. The maximum absolute atomic E-state index is 14.4. The van der Waals surface area contributed by atoms with Crippen molar-refractivity contribution in [3.63, 3.8) is 0 Å². The number of hydrogen-bond acceptors (Lipinski definition) is 19. The number of rotatable bonds is 14. The lowest BCUT2D eigenvalue weighted by Gasteiger charge is -2.45. The molecule has 2 aliphatic heterocycles. The summed E-state index contributed by atoms with van der Waals surface area (Å²) in [5.74, 6) is -7.68. The highest BCUT2D eigenvalue weighted by atomic mass is 16.7. The molecule has 0 radical (unpaired) electrons. The van der Waals surface area contributed by atoms with Gasteiger partial charge in [0.2, 0.25) is 24.4 Å². The highest BCUT2D eigenvalue weighted by Gasteiger charge is 2.54. The van der Waals surface area contributed by atoms with Crippen LogP contribution in [-0.2, 0) is 81.0 Å². The van der Waals surface area contributed by atoms with Gasteiger partial charge >= 0.3 is 41.8 Å². The van der Waals surface area contributed by atoms with Gasteiger partial charge in [0.1, 0.15) is 48.8 Å². The maximum Gasteiger partial charge on any atom is 0.344 e. The lowest BCUT2D eigenvalue weighted by Crippen LogP contribution is -2.67. The Bertz CT molecular complexity index is 1980. The number of nitrogens with one attached hydrogen (secondary N) is 2. The van der Waals surface area contributed by atoms with Crippen molar-refractivity contribution >= 4 is 64.4 Å². The van der Waals surface area contributed by atoms with Gasteiger partial charge in [-0.05, 0) is 11.5 Å². The fourth-order valence-electron chi connectivity index (χ4n) is 6.60. The number of ether oxygens (including phenoxy) is 10. The summed E-state index contributed by atoms with van der Waals surface area (Å²) < 4.78 is 56.7. The van der Waals surface area contributed by atoms with Crippen LogP contribution in [0, 0.1) is 0 Å². The van der Waals surface area contributed by atoms with E-state index < -0.39 is 128 Å². The Labute approximate surface area is 342 Å². The molecule has 2 amide bonds. The van der Waals surface area contributed by atoms with Crippen LogP contribution in [0.25, 0.3) is 10.8 Å². The maximum atomic E-state index is 14.4. The molecule has 0 aromatic heterocycles. The molecule has 2 aromatic rings. The van der Waals surface area contributed by atoms with E-state index in [9.17, 15) is 43.2 Å². The Hall–Kier alpha value is -6.35. The zero-order valence-corrected chi connectivity index (χ0v) is 33.9. The van der Waals surface area contributed by atoms with Gasteiger partial charge in [0.05, 0.1) is 0 Å². The highest BCUT2D eigenvalue weighted by Crippen LogP contribution is 2.36. The summed E-state index contributed by atoms with van der Waals surface area (Å²) in [5.41, 5.74) is -0.311. The zero-order chi connectivity index (χ0) is 44.4. The summed E-state index contributed by atoms with van der Waals surface area (Å²) in [5, 5.41) is 5.90. The van der Waals surface area contributed by atoms with Crippen molar-refractivity contribution in [1.29, 1.82) is 0 Å². The molecule has 326 valence electrons. The highest BCUT2D eigenvalue weighted by molar-refractivity contribution is 6.01. The van der Waals surface area contributed by atoms with Gasteiger partial charge in [-0.3, -0.25) is 38.4 Å². The first kappa shape index (κ1) is 46.3. The molecular weight excluding hydrogens is 800 g/mol. The molecule has 2 aliphatic rings. The van der Waals surface area contributed by atoms with E-state index in [4.69, 9.17) is 47.4 Å². The van der Waals surface area contributed by atoms with E-state index in [1.54, 1.807) is 30.3 Å². The molecule has 2 heterocycles. The SMILES string of the molecule is CC(=O)N[C@@H]1[C@H](Oc2c(C(=O)O[C@@H]3O[C@H](COC(C)=O)[C@H](OC(C)=O)[C@@H](OC(C)=O)[C@@H]3NC(C)=O)ccc3ccccc23)O[C@H](COC(C)=O)[C@H](OC(C)=O)[C@@H]1OC(C)=O. The Morgan fingerprint density at radius 2 is 0.950 bits per heavy atom. The molecule has 10 atom stereocenters. The van der Waals surface area contributed by atoms with Crippen molar-refractivity contribution in [3.8, 4) is 5.75 Å². The minimum absolute atomic E-state index is 0.227. The normalized spacial score (nSPS) is 25.9. The van der Waals surface area contributed by atoms with Gasteiger partial charge in [0, 0.05) is 60.8 Å². The molecule has 0 spiro atoms.